The van der Waals surface area contributed by atoms with Gasteiger partial charge in [-0.05, 0) is 13.0 Å². The number of rotatable bonds is 2. The van der Waals surface area contributed by atoms with E-state index in [-0.39, 0.29) is 5.82 Å². The first kappa shape index (κ1) is 8.17. The molecule has 0 heterocycles. The second-order valence-corrected chi connectivity index (χ2v) is 2.35. The second-order valence-electron chi connectivity index (χ2n) is 2.35. The average molecular weight is 156 g/mol. The quantitative estimate of drug-likeness (QED) is 0.499. The highest BCUT2D eigenvalue weighted by atomic mass is 19.1. The van der Waals surface area contributed by atoms with Crippen LogP contribution >= 0.6 is 0 Å². The molecule has 0 spiro atoms. The van der Waals surface area contributed by atoms with Crippen molar-refractivity contribution in [2.75, 3.05) is 7.11 Å². The van der Waals surface area contributed by atoms with Crippen LogP contribution in [0.2, 0.25) is 0 Å². The van der Waals surface area contributed by atoms with Gasteiger partial charge >= 0.3 is 0 Å². The lowest BCUT2D eigenvalue weighted by Gasteiger charge is -1.99. The summed E-state index contributed by atoms with van der Waals surface area (Å²) in [6.07, 6.45) is 0. The molecule has 0 aliphatic carbocycles. The van der Waals surface area contributed by atoms with Gasteiger partial charge in [-0.1, -0.05) is 6.07 Å². The van der Waals surface area contributed by atoms with E-state index in [1.54, 1.807) is 13.2 Å². The van der Waals surface area contributed by atoms with Crippen molar-refractivity contribution in [3.8, 4) is 0 Å². The van der Waals surface area contributed by atoms with Crippen LogP contribution < -0.4 is 5.48 Å². The van der Waals surface area contributed by atoms with E-state index >= 15 is 0 Å². The van der Waals surface area contributed by atoms with E-state index in [1.807, 2.05) is 6.92 Å². The number of hydrogen-bond acceptors (Lipinski definition) is 1. The monoisotopic (exact) mass is 156 g/mol. The van der Waals surface area contributed by atoms with E-state index in [2.05, 4.69) is 0 Å². The zero-order valence-corrected chi connectivity index (χ0v) is 6.60. The highest BCUT2D eigenvalue weighted by Crippen LogP contribution is 2.09. The summed E-state index contributed by atoms with van der Waals surface area (Å²) in [5.74, 6) is -0.237. The molecule has 0 fully saturated rings. The molecule has 0 radical (unpaired) electrons. The minimum absolute atomic E-state index is 0.237. The van der Waals surface area contributed by atoms with Crippen LogP contribution in [0.25, 0.3) is 0 Å². The maximum Gasteiger partial charge on any atom is 0.167 e. The standard InChI is InChI=1S/C8H10FNO/c1-6-3-4-7(9)5-8(6)10-11-2/h3-5,10H,1-2H3/p+1. The first-order valence-corrected chi connectivity index (χ1v) is 3.36. The predicted molar refractivity (Wildman–Crippen MR) is 39.7 cm³/mol. The lowest BCUT2D eigenvalue weighted by molar-refractivity contribution is -0.830. The van der Waals surface area contributed by atoms with Gasteiger partial charge in [0.2, 0.25) is 0 Å². The van der Waals surface area contributed by atoms with E-state index in [4.69, 9.17) is 4.84 Å². The molecule has 0 amide bonds. The van der Waals surface area contributed by atoms with E-state index in [9.17, 15) is 4.39 Å². The van der Waals surface area contributed by atoms with Crippen LogP contribution in [0.4, 0.5) is 10.1 Å². The van der Waals surface area contributed by atoms with Crippen molar-refractivity contribution in [1.82, 2.24) is 0 Å². The molecule has 0 bridgehead atoms. The van der Waals surface area contributed by atoms with Gasteiger partial charge < -0.3 is 0 Å². The molecule has 2 nitrogen and oxygen atoms in total. The highest BCUT2D eigenvalue weighted by molar-refractivity contribution is 5.37. The molecule has 0 aliphatic rings. The normalized spacial score (nSPS) is 10.1. The Labute approximate surface area is 64.9 Å². The van der Waals surface area contributed by atoms with Crippen LogP contribution in [-0.4, -0.2) is 7.11 Å². The van der Waals surface area contributed by atoms with Crippen molar-refractivity contribution in [2.45, 2.75) is 6.92 Å². The summed E-state index contributed by atoms with van der Waals surface area (Å²) in [5, 5.41) is 0. The minimum atomic E-state index is -0.237. The molecule has 0 atom stereocenters. The molecule has 0 unspecified atom stereocenters. The van der Waals surface area contributed by atoms with E-state index in [0.29, 0.717) is 0 Å². The molecular formula is C8H11FNO+. The highest BCUT2D eigenvalue weighted by Gasteiger charge is 2.02. The third-order valence-corrected chi connectivity index (χ3v) is 1.49. The maximum absolute atomic E-state index is 12.6. The topological polar surface area (TPSA) is 25.8 Å². The van der Waals surface area contributed by atoms with E-state index in [0.717, 1.165) is 11.3 Å². The SMILES string of the molecule is CO[NH2+]c1cc(F)ccc1C. The van der Waals surface area contributed by atoms with Gasteiger partial charge in [0.05, 0.1) is 7.11 Å². The zero-order valence-electron chi connectivity index (χ0n) is 6.60. The van der Waals surface area contributed by atoms with Crippen LogP contribution in [0.1, 0.15) is 5.56 Å². The van der Waals surface area contributed by atoms with Gasteiger partial charge in [-0.2, -0.15) is 5.48 Å². The predicted octanol–water partition coefficient (Wildman–Crippen LogP) is 0.890. The summed E-state index contributed by atoms with van der Waals surface area (Å²) in [6.45, 7) is 1.91. The number of hydrogen-bond donors (Lipinski definition) is 1. The third-order valence-electron chi connectivity index (χ3n) is 1.49. The van der Waals surface area contributed by atoms with Gasteiger partial charge in [0.1, 0.15) is 5.82 Å². The van der Waals surface area contributed by atoms with Crippen LogP contribution in [-0.2, 0) is 4.84 Å². The summed E-state index contributed by atoms with van der Waals surface area (Å²) >= 11 is 0. The third kappa shape index (κ3) is 2.00. The lowest BCUT2D eigenvalue weighted by atomic mass is 10.2. The van der Waals surface area contributed by atoms with Gasteiger partial charge in [-0.15, -0.1) is 0 Å². The number of halogens is 1. The van der Waals surface area contributed by atoms with Gasteiger partial charge in [0.15, 0.2) is 5.69 Å². The second kappa shape index (κ2) is 3.46. The number of benzene rings is 1. The Bertz CT molecular complexity index is 250. The van der Waals surface area contributed by atoms with Crippen molar-refractivity contribution in [3.05, 3.63) is 29.6 Å². The first-order valence-electron chi connectivity index (χ1n) is 3.36. The van der Waals surface area contributed by atoms with Crippen molar-refractivity contribution >= 4 is 5.69 Å². The first-order chi connectivity index (χ1) is 5.24. The molecule has 0 saturated heterocycles. The molecule has 0 aliphatic heterocycles. The van der Waals surface area contributed by atoms with Crippen LogP contribution in [0, 0.1) is 12.7 Å². The number of aryl methyl sites for hydroxylation is 1. The largest absolute Gasteiger partial charge is 0.207 e. The Morgan fingerprint density at radius 3 is 2.82 bits per heavy atom. The lowest BCUT2D eigenvalue weighted by Crippen LogP contribution is -2.76. The molecule has 3 heteroatoms. The maximum atomic E-state index is 12.6. The number of quaternary nitrogens is 1. The summed E-state index contributed by atoms with van der Waals surface area (Å²) in [4.78, 5) is 4.77. The van der Waals surface area contributed by atoms with Crippen molar-refractivity contribution < 1.29 is 14.7 Å². The van der Waals surface area contributed by atoms with Crippen molar-refractivity contribution in [1.29, 1.82) is 0 Å². The summed E-state index contributed by atoms with van der Waals surface area (Å²) in [6, 6.07) is 4.60. The van der Waals surface area contributed by atoms with Crippen LogP contribution in [0.3, 0.4) is 0 Å². The van der Waals surface area contributed by atoms with Crippen LogP contribution in [0.15, 0.2) is 18.2 Å². The molecule has 1 rings (SSSR count). The van der Waals surface area contributed by atoms with Crippen molar-refractivity contribution in [2.24, 2.45) is 0 Å². The van der Waals surface area contributed by atoms with Crippen LogP contribution in [0.5, 0.6) is 0 Å². The summed E-state index contributed by atoms with van der Waals surface area (Å²) in [5.41, 5.74) is 3.32. The Hall–Kier alpha value is -0.930. The Kier molecular flexibility index (Phi) is 2.57. The summed E-state index contributed by atoms with van der Waals surface area (Å²) in [7, 11) is 1.55. The average Bonchev–Trinajstić information content (AvgIpc) is 1.98. The molecule has 11 heavy (non-hydrogen) atoms. The van der Waals surface area contributed by atoms with E-state index < -0.39 is 0 Å². The Morgan fingerprint density at radius 2 is 2.18 bits per heavy atom. The molecule has 1 aromatic rings. The smallest absolute Gasteiger partial charge is 0.167 e. The van der Waals surface area contributed by atoms with Crippen molar-refractivity contribution in [3.63, 3.8) is 0 Å². The Morgan fingerprint density at radius 1 is 1.45 bits per heavy atom. The van der Waals surface area contributed by atoms with Gasteiger partial charge in [0, 0.05) is 11.6 Å². The molecule has 60 valence electrons. The zero-order chi connectivity index (χ0) is 8.27. The minimum Gasteiger partial charge on any atom is -0.207 e. The molecule has 2 N–H and O–H groups in total. The van der Waals surface area contributed by atoms with Gasteiger partial charge in [-0.3, -0.25) is 0 Å². The van der Waals surface area contributed by atoms with E-state index in [1.165, 1.54) is 17.6 Å². The summed E-state index contributed by atoms with van der Waals surface area (Å²) < 4.78 is 12.6. The fourth-order valence-corrected chi connectivity index (χ4v) is 0.865. The fourth-order valence-electron chi connectivity index (χ4n) is 0.865. The molecule has 1 aromatic carbocycles. The van der Waals surface area contributed by atoms with Gasteiger partial charge in [-0.25, -0.2) is 9.23 Å². The van der Waals surface area contributed by atoms with Gasteiger partial charge in [0.25, 0.3) is 0 Å². The molecule has 0 aromatic heterocycles. The fraction of sp³-hybridized carbons (Fsp3) is 0.250. The number of nitrogens with two attached hydrogens (primary N) is 1. The molecular weight excluding hydrogens is 145 g/mol. The Balaban J connectivity index is 2.93. The molecule has 0 saturated carbocycles.